The molecule has 0 atom stereocenters. The van der Waals surface area contributed by atoms with Crippen LogP contribution in [0.15, 0.2) is 42.5 Å². The van der Waals surface area contributed by atoms with Crippen molar-refractivity contribution in [3.05, 3.63) is 53.6 Å². The van der Waals surface area contributed by atoms with Gasteiger partial charge < -0.3 is 15.0 Å². The number of urea groups is 1. The highest BCUT2D eigenvalue weighted by Crippen LogP contribution is 2.23. The van der Waals surface area contributed by atoms with Crippen LogP contribution in [0.25, 0.3) is 0 Å². The summed E-state index contributed by atoms with van der Waals surface area (Å²) in [5, 5.41) is 2.90. The van der Waals surface area contributed by atoms with Crippen LogP contribution in [0.2, 0.25) is 0 Å². The van der Waals surface area contributed by atoms with Gasteiger partial charge in [0.1, 0.15) is 12.3 Å². The Hall–Kier alpha value is -3.02. The van der Waals surface area contributed by atoms with Crippen LogP contribution in [0, 0.1) is 13.8 Å². The lowest BCUT2D eigenvalue weighted by atomic mass is 10.1. The molecule has 3 rings (SSSR count). The third-order valence-electron chi connectivity index (χ3n) is 4.69. The summed E-state index contributed by atoms with van der Waals surface area (Å²) in [5.74, 6) is 0.550. The summed E-state index contributed by atoms with van der Waals surface area (Å²) >= 11 is 0. The van der Waals surface area contributed by atoms with Gasteiger partial charge in [-0.25, -0.2) is 4.79 Å². The molecule has 0 unspecified atom stereocenters. The second-order valence-corrected chi connectivity index (χ2v) is 6.35. The third-order valence-corrected chi connectivity index (χ3v) is 4.69. The number of nitrogens with one attached hydrogen (secondary N) is 1. The summed E-state index contributed by atoms with van der Waals surface area (Å²) < 4.78 is 5.14. The Morgan fingerprint density at radius 2 is 1.85 bits per heavy atom. The number of methoxy groups -OCH3 is 1. The predicted octanol–water partition coefficient (Wildman–Crippen LogP) is 3.19. The SMILES string of the molecule is COc1ccc(N2CCN(CC(=O)Nc3cccc(C)c3C)C2=O)cc1. The third kappa shape index (κ3) is 3.64. The number of ether oxygens (including phenoxy) is 1. The van der Waals surface area contributed by atoms with E-state index in [9.17, 15) is 9.59 Å². The molecule has 0 spiro atoms. The Labute approximate surface area is 153 Å². The molecule has 1 fully saturated rings. The van der Waals surface area contributed by atoms with Gasteiger partial charge in [-0.2, -0.15) is 0 Å². The average molecular weight is 353 g/mol. The maximum Gasteiger partial charge on any atom is 0.325 e. The molecule has 2 aromatic rings. The molecule has 0 radical (unpaired) electrons. The van der Waals surface area contributed by atoms with E-state index < -0.39 is 0 Å². The molecule has 26 heavy (non-hydrogen) atoms. The number of hydrogen-bond donors (Lipinski definition) is 1. The highest BCUT2D eigenvalue weighted by molar-refractivity contribution is 5.99. The van der Waals surface area contributed by atoms with Gasteiger partial charge in [-0.15, -0.1) is 0 Å². The molecule has 1 aliphatic rings. The van der Waals surface area contributed by atoms with Crippen molar-refractivity contribution < 1.29 is 14.3 Å². The van der Waals surface area contributed by atoms with Crippen LogP contribution in [0.4, 0.5) is 16.2 Å². The largest absolute Gasteiger partial charge is 0.497 e. The first-order valence-corrected chi connectivity index (χ1v) is 8.56. The van der Waals surface area contributed by atoms with E-state index in [0.717, 1.165) is 28.3 Å². The van der Waals surface area contributed by atoms with Crippen LogP contribution in [-0.4, -0.2) is 43.6 Å². The lowest BCUT2D eigenvalue weighted by molar-refractivity contribution is -0.116. The Bertz CT molecular complexity index is 818. The zero-order valence-electron chi connectivity index (χ0n) is 15.3. The summed E-state index contributed by atoms with van der Waals surface area (Å²) in [4.78, 5) is 28.2. The fourth-order valence-electron chi connectivity index (χ4n) is 2.98. The van der Waals surface area contributed by atoms with E-state index in [1.165, 1.54) is 0 Å². The second-order valence-electron chi connectivity index (χ2n) is 6.35. The summed E-state index contributed by atoms with van der Waals surface area (Å²) in [6, 6.07) is 12.9. The molecule has 3 amide bonds. The molecular formula is C20H23N3O3. The normalized spacial score (nSPS) is 13.9. The number of rotatable bonds is 5. The Morgan fingerprint density at radius 3 is 2.54 bits per heavy atom. The number of anilines is 2. The van der Waals surface area contributed by atoms with E-state index >= 15 is 0 Å². The van der Waals surface area contributed by atoms with Crippen molar-refractivity contribution in [1.29, 1.82) is 0 Å². The fourth-order valence-corrected chi connectivity index (χ4v) is 2.98. The van der Waals surface area contributed by atoms with Gasteiger partial charge >= 0.3 is 6.03 Å². The smallest absolute Gasteiger partial charge is 0.325 e. The van der Waals surface area contributed by atoms with Gasteiger partial charge in [-0.1, -0.05) is 12.1 Å². The number of hydrogen-bond acceptors (Lipinski definition) is 3. The summed E-state index contributed by atoms with van der Waals surface area (Å²) in [6.45, 7) is 5.09. The lowest BCUT2D eigenvalue weighted by Crippen LogP contribution is -2.37. The molecule has 0 aliphatic carbocycles. The van der Waals surface area contributed by atoms with Crippen molar-refractivity contribution in [2.75, 3.05) is 37.0 Å². The fraction of sp³-hybridized carbons (Fsp3) is 0.300. The molecule has 0 saturated carbocycles. The van der Waals surface area contributed by atoms with Crippen LogP contribution >= 0.6 is 0 Å². The summed E-state index contributed by atoms with van der Waals surface area (Å²) in [6.07, 6.45) is 0. The molecule has 1 saturated heterocycles. The molecule has 1 N–H and O–H groups in total. The maximum atomic E-state index is 12.6. The first kappa shape index (κ1) is 17.8. The predicted molar refractivity (Wildman–Crippen MR) is 102 cm³/mol. The number of amides is 3. The van der Waals surface area contributed by atoms with Gasteiger partial charge in [-0.05, 0) is 55.3 Å². The van der Waals surface area contributed by atoms with Crippen molar-refractivity contribution in [3.8, 4) is 5.75 Å². The average Bonchev–Trinajstić information content (AvgIpc) is 2.99. The standard InChI is InChI=1S/C20H23N3O3/c1-14-5-4-6-18(15(14)2)21-19(24)13-22-11-12-23(20(22)25)16-7-9-17(26-3)10-8-16/h4-10H,11-13H2,1-3H3,(H,21,24). The van der Waals surface area contributed by atoms with E-state index in [4.69, 9.17) is 4.74 Å². The number of aryl methyl sites for hydroxylation is 1. The monoisotopic (exact) mass is 353 g/mol. The first-order valence-electron chi connectivity index (χ1n) is 8.56. The van der Waals surface area contributed by atoms with Gasteiger partial charge in [0.15, 0.2) is 0 Å². The molecule has 2 aromatic carbocycles. The quantitative estimate of drug-likeness (QED) is 0.898. The highest BCUT2D eigenvalue weighted by atomic mass is 16.5. The van der Waals surface area contributed by atoms with Crippen LogP contribution < -0.4 is 15.0 Å². The van der Waals surface area contributed by atoms with E-state index in [2.05, 4.69) is 5.32 Å². The minimum Gasteiger partial charge on any atom is -0.497 e. The van der Waals surface area contributed by atoms with Crippen molar-refractivity contribution in [1.82, 2.24) is 4.90 Å². The summed E-state index contributed by atoms with van der Waals surface area (Å²) in [5.41, 5.74) is 3.74. The molecule has 0 bridgehead atoms. The molecule has 0 aromatic heterocycles. The van der Waals surface area contributed by atoms with Gasteiger partial charge in [0.05, 0.1) is 7.11 Å². The van der Waals surface area contributed by atoms with Gasteiger partial charge in [0.2, 0.25) is 5.91 Å². The van der Waals surface area contributed by atoms with Gasteiger partial charge in [-0.3, -0.25) is 9.69 Å². The number of carbonyl (C=O) groups excluding carboxylic acids is 2. The van der Waals surface area contributed by atoms with Crippen LogP contribution in [-0.2, 0) is 4.79 Å². The molecule has 6 heteroatoms. The molecule has 6 nitrogen and oxygen atoms in total. The van der Waals surface area contributed by atoms with Crippen molar-refractivity contribution in [2.45, 2.75) is 13.8 Å². The lowest BCUT2D eigenvalue weighted by Gasteiger charge is -2.19. The van der Waals surface area contributed by atoms with E-state index in [-0.39, 0.29) is 18.5 Å². The molecule has 1 aliphatic heterocycles. The molecule has 136 valence electrons. The topological polar surface area (TPSA) is 61.9 Å². The van der Waals surface area contributed by atoms with Gasteiger partial charge in [0, 0.05) is 24.5 Å². The Balaban J connectivity index is 1.63. The number of benzene rings is 2. The highest BCUT2D eigenvalue weighted by Gasteiger charge is 2.30. The van der Waals surface area contributed by atoms with E-state index in [0.29, 0.717) is 13.1 Å². The van der Waals surface area contributed by atoms with Crippen LogP contribution in [0.3, 0.4) is 0 Å². The van der Waals surface area contributed by atoms with E-state index in [1.54, 1.807) is 16.9 Å². The molecular weight excluding hydrogens is 330 g/mol. The summed E-state index contributed by atoms with van der Waals surface area (Å²) in [7, 11) is 1.60. The zero-order valence-corrected chi connectivity index (χ0v) is 15.3. The van der Waals surface area contributed by atoms with Crippen LogP contribution in [0.5, 0.6) is 5.75 Å². The molecule has 1 heterocycles. The minimum atomic E-state index is -0.191. The van der Waals surface area contributed by atoms with Crippen LogP contribution in [0.1, 0.15) is 11.1 Å². The van der Waals surface area contributed by atoms with Crippen molar-refractivity contribution in [3.63, 3.8) is 0 Å². The minimum absolute atomic E-state index is 0.0405. The maximum absolute atomic E-state index is 12.6. The number of carbonyl (C=O) groups is 2. The van der Waals surface area contributed by atoms with E-state index in [1.807, 2.05) is 56.3 Å². The second kappa shape index (κ2) is 7.47. The van der Waals surface area contributed by atoms with Crippen molar-refractivity contribution >= 4 is 23.3 Å². The number of nitrogens with zero attached hydrogens (tertiary/aromatic N) is 2. The first-order chi connectivity index (χ1) is 12.5. The Kier molecular flexibility index (Phi) is 5.11. The zero-order chi connectivity index (χ0) is 18.7. The Morgan fingerprint density at radius 1 is 1.12 bits per heavy atom. The van der Waals surface area contributed by atoms with Crippen molar-refractivity contribution in [2.24, 2.45) is 0 Å². The van der Waals surface area contributed by atoms with Gasteiger partial charge in [0.25, 0.3) is 0 Å².